The lowest BCUT2D eigenvalue weighted by atomic mass is 9.45. The van der Waals surface area contributed by atoms with Crippen LogP contribution in [0, 0.1) is 23.2 Å². The van der Waals surface area contributed by atoms with Crippen molar-refractivity contribution in [1.29, 1.82) is 0 Å². The maximum atomic E-state index is 12.5. The predicted molar refractivity (Wildman–Crippen MR) is 103 cm³/mol. The topological polar surface area (TPSA) is 113 Å². The third kappa shape index (κ3) is 3.74. The first-order valence-electron chi connectivity index (χ1n) is 9.12. The predicted octanol–water partition coefficient (Wildman–Crippen LogP) is 1.69. The quantitative estimate of drug-likeness (QED) is 0.619. The Morgan fingerprint density at radius 3 is 2.70 bits per heavy atom. The van der Waals surface area contributed by atoms with Gasteiger partial charge in [0.2, 0.25) is 5.91 Å². The standard InChI is InChI=1S/C18H25BrN4O4/c1-9-11-4-10(18(11,2)3)5-12(9)22-13-6-21-23(17(27)16(13)19)8-14(24)20-7-15(25)26/h6,9-12,22H,4-5,7-8H2,1-3H3,(H,20,24)(H,25,26)/t9-,10+,11-,12-/m1/s1. The van der Waals surface area contributed by atoms with E-state index in [1.54, 1.807) is 0 Å². The van der Waals surface area contributed by atoms with Crippen LogP contribution in [0.1, 0.15) is 33.6 Å². The summed E-state index contributed by atoms with van der Waals surface area (Å²) in [6, 6.07) is 0.286. The van der Waals surface area contributed by atoms with Crippen molar-refractivity contribution in [3.63, 3.8) is 0 Å². The van der Waals surface area contributed by atoms with E-state index in [9.17, 15) is 14.4 Å². The number of anilines is 1. The van der Waals surface area contributed by atoms with E-state index in [0.717, 1.165) is 11.1 Å². The second-order valence-corrected chi connectivity index (χ2v) is 9.00. The molecule has 0 saturated heterocycles. The van der Waals surface area contributed by atoms with Crippen molar-refractivity contribution in [2.24, 2.45) is 23.2 Å². The van der Waals surface area contributed by atoms with Gasteiger partial charge >= 0.3 is 5.97 Å². The van der Waals surface area contributed by atoms with Crippen LogP contribution in [-0.2, 0) is 16.1 Å². The Kier molecular flexibility index (Phi) is 5.33. The van der Waals surface area contributed by atoms with E-state index in [1.807, 2.05) is 0 Å². The van der Waals surface area contributed by atoms with Gasteiger partial charge in [0.25, 0.3) is 5.56 Å². The smallest absolute Gasteiger partial charge is 0.322 e. The number of hydrogen-bond acceptors (Lipinski definition) is 5. The SMILES string of the molecule is C[C@@H]1[C@H]2C[C@@H](C[C@H]1Nc1cnn(CC(=O)NCC(=O)O)c(=O)c1Br)C2(C)C. The minimum absolute atomic E-state index is 0.286. The van der Waals surface area contributed by atoms with Crippen molar-refractivity contribution in [1.82, 2.24) is 15.1 Å². The fourth-order valence-corrected chi connectivity index (χ4v) is 5.01. The third-order valence-electron chi connectivity index (χ3n) is 6.41. The summed E-state index contributed by atoms with van der Waals surface area (Å²) in [4.78, 5) is 34.7. The first kappa shape index (κ1) is 19.9. The zero-order valence-electron chi connectivity index (χ0n) is 15.7. The van der Waals surface area contributed by atoms with Crippen LogP contribution in [0.25, 0.3) is 0 Å². The molecule has 3 aliphatic carbocycles. The lowest BCUT2D eigenvalue weighted by Gasteiger charge is -2.62. The molecule has 2 bridgehead atoms. The first-order chi connectivity index (χ1) is 12.6. The number of amides is 1. The Balaban J connectivity index is 1.68. The summed E-state index contributed by atoms with van der Waals surface area (Å²) >= 11 is 3.32. The fraction of sp³-hybridized carbons (Fsp3) is 0.667. The number of carboxylic acid groups (broad SMARTS) is 1. The Labute approximate surface area is 165 Å². The van der Waals surface area contributed by atoms with E-state index in [1.165, 1.54) is 12.6 Å². The number of halogens is 1. The average molecular weight is 441 g/mol. The molecule has 0 unspecified atom stereocenters. The number of hydrogen-bond donors (Lipinski definition) is 3. The average Bonchev–Trinajstić information content (AvgIpc) is 2.60. The summed E-state index contributed by atoms with van der Waals surface area (Å²) in [5.41, 5.74) is 0.581. The van der Waals surface area contributed by atoms with Gasteiger partial charge in [-0.15, -0.1) is 0 Å². The number of carboxylic acids is 1. The maximum absolute atomic E-state index is 12.5. The van der Waals surface area contributed by atoms with Crippen LogP contribution in [0.5, 0.6) is 0 Å². The highest BCUT2D eigenvalue weighted by Crippen LogP contribution is 2.61. The number of aromatic nitrogens is 2. The van der Waals surface area contributed by atoms with Crippen LogP contribution < -0.4 is 16.2 Å². The van der Waals surface area contributed by atoms with Crippen molar-refractivity contribution < 1.29 is 14.7 Å². The second-order valence-electron chi connectivity index (χ2n) is 8.21. The molecule has 27 heavy (non-hydrogen) atoms. The highest BCUT2D eigenvalue weighted by atomic mass is 79.9. The third-order valence-corrected chi connectivity index (χ3v) is 7.18. The van der Waals surface area contributed by atoms with Gasteiger partial charge in [0.15, 0.2) is 0 Å². The number of rotatable bonds is 6. The van der Waals surface area contributed by atoms with Crippen molar-refractivity contribution in [3.05, 3.63) is 21.0 Å². The first-order valence-corrected chi connectivity index (χ1v) is 9.91. The van der Waals surface area contributed by atoms with Crippen molar-refractivity contribution in [2.75, 3.05) is 11.9 Å². The molecule has 1 aromatic heterocycles. The minimum atomic E-state index is -1.15. The summed E-state index contributed by atoms with van der Waals surface area (Å²) < 4.78 is 1.34. The van der Waals surface area contributed by atoms with Gasteiger partial charge in [-0.2, -0.15) is 5.10 Å². The van der Waals surface area contributed by atoms with Gasteiger partial charge in [0.05, 0.1) is 11.9 Å². The summed E-state index contributed by atoms with van der Waals surface area (Å²) in [6.45, 7) is 6.11. The normalized spacial score (nSPS) is 28.1. The molecular weight excluding hydrogens is 416 g/mol. The molecule has 1 aromatic rings. The molecular formula is C18H25BrN4O4. The molecule has 4 atom stereocenters. The number of carbonyl (C=O) groups excluding carboxylic acids is 1. The monoisotopic (exact) mass is 440 g/mol. The number of fused-ring (bicyclic) bond motifs is 2. The lowest BCUT2D eigenvalue weighted by molar-refractivity contribution is -0.138. The number of aliphatic carboxylic acids is 1. The molecule has 0 spiro atoms. The zero-order chi connectivity index (χ0) is 19.9. The van der Waals surface area contributed by atoms with Crippen LogP contribution in [0.15, 0.2) is 15.5 Å². The van der Waals surface area contributed by atoms with Crippen LogP contribution in [-0.4, -0.2) is 39.4 Å². The van der Waals surface area contributed by atoms with Gasteiger partial charge in [-0.3, -0.25) is 14.4 Å². The summed E-state index contributed by atoms with van der Waals surface area (Å²) in [5, 5.41) is 18.3. The van der Waals surface area contributed by atoms with E-state index < -0.39 is 24.0 Å². The fourth-order valence-electron chi connectivity index (χ4n) is 4.58. The van der Waals surface area contributed by atoms with E-state index in [0.29, 0.717) is 33.3 Å². The molecule has 8 nitrogen and oxygen atoms in total. The Bertz CT molecular complexity index is 822. The second kappa shape index (κ2) is 7.26. The molecule has 3 saturated carbocycles. The number of carbonyl (C=O) groups is 2. The van der Waals surface area contributed by atoms with Gasteiger partial charge in [0.1, 0.15) is 17.6 Å². The van der Waals surface area contributed by atoms with Gasteiger partial charge in [-0.05, 0) is 51.9 Å². The Morgan fingerprint density at radius 1 is 1.41 bits per heavy atom. The van der Waals surface area contributed by atoms with Crippen molar-refractivity contribution in [3.8, 4) is 0 Å². The van der Waals surface area contributed by atoms with Crippen LogP contribution >= 0.6 is 15.9 Å². The highest BCUT2D eigenvalue weighted by Gasteiger charge is 2.56. The molecule has 1 amide bonds. The molecule has 3 aliphatic rings. The number of nitrogens with zero attached hydrogens (tertiary/aromatic N) is 2. The van der Waals surface area contributed by atoms with Gasteiger partial charge in [-0.25, -0.2) is 4.68 Å². The Hall–Kier alpha value is -1.90. The largest absolute Gasteiger partial charge is 0.480 e. The van der Waals surface area contributed by atoms with Gasteiger partial charge < -0.3 is 15.7 Å². The molecule has 1 heterocycles. The molecule has 3 N–H and O–H groups in total. The Morgan fingerprint density at radius 2 is 2.11 bits per heavy atom. The van der Waals surface area contributed by atoms with Crippen LogP contribution in [0.3, 0.4) is 0 Å². The van der Waals surface area contributed by atoms with Crippen molar-refractivity contribution in [2.45, 2.75) is 46.2 Å². The molecule has 0 aromatic carbocycles. The van der Waals surface area contributed by atoms with Crippen molar-refractivity contribution >= 4 is 33.5 Å². The van der Waals surface area contributed by atoms with E-state index in [2.05, 4.69) is 52.4 Å². The van der Waals surface area contributed by atoms with Crippen LogP contribution in [0.4, 0.5) is 5.69 Å². The summed E-state index contributed by atoms with van der Waals surface area (Å²) in [5.74, 6) is 0.149. The minimum Gasteiger partial charge on any atom is -0.480 e. The zero-order valence-corrected chi connectivity index (χ0v) is 17.2. The number of nitrogens with one attached hydrogen (secondary N) is 2. The molecule has 148 valence electrons. The van der Waals surface area contributed by atoms with E-state index in [4.69, 9.17) is 5.11 Å². The summed E-state index contributed by atoms with van der Waals surface area (Å²) in [7, 11) is 0. The summed E-state index contributed by atoms with van der Waals surface area (Å²) in [6.07, 6.45) is 3.88. The molecule has 4 rings (SSSR count). The molecule has 0 aliphatic heterocycles. The van der Waals surface area contributed by atoms with Gasteiger partial charge in [0, 0.05) is 6.04 Å². The van der Waals surface area contributed by atoms with E-state index >= 15 is 0 Å². The van der Waals surface area contributed by atoms with Gasteiger partial charge in [-0.1, -0.05) is 20.8 Å². The molecule has 9 heteroatoms. The lowest BCUT2D eigenvalue weighted by Crippen LogP contribution is -2.58. The van der Waals surface area contributed by atoms with Crippen LogP contribution in [0.2, 0.25) is 0 Å². The maximum Gasteiger partial charge on any atom is 0.322 e. The molecule has 3 fully saturated rings. The molecule has 0 radical (unpaired) electrons. The van der Waals surface area contributed by atoms with E-state index in [-0.39, 0.29) is 12.6 Å². The highest BCUT2D eigenvalue weighted by molar-refractivity contribution is 9.10.